The molecule has 2 amide bonds. The van der Waals surface area contributed by atoms with E-state index in [1.165, 1.54) is 0 Å². The Labute approximate surface area is 175 Å². The van der Waals surface area contributed by atoms with Crippen LogP contribution in [0.3, 0.4) is 0 Å². The summed E-state index contributed by atoms with van der Waals surface area (Å²) in [7, 11) is 0. The van der Waals surface area contributed by atoms with Crippen LogP contribution in [0, 0.1) is 13.8 Å². The van der Waals surface area contributed by atoms with Crippen molar-refractivity contribution in [3.8, 4) is 5.75 Å². The highest BCUT2D eigenvalue weighted by atomic mass is 79.9. The number of aryl methyl sites for hydroxylation is 2. The summed E-state index contributed by atoms with van der Waals surface area (Å²) >= 11 is 3.46. The lowest BCUT2D eigenvalue weighted by molar-refractivity contribution is -0.122. The van der Waals surface area contributed by atoms with Crippen molar-refractivity contribution in [1.29, 1.82) is 0 Å². The van der Waals surface area contributed by atoms with Gasteiger partial charge in [0.1, 0.15) is 5.75 Å². The average Bonchev–Trinajstić information content (AvgIpc) is 2.65. The summed E-state index contributed by atoms with van der Waals surface area (Å²) in [5.41, 5.74) is 3.16. The van der Waals surface area contributed by atoms with Gasteiger partial charge < -0.3 is 15.0 Å². The number of halogens is 1. The maximum absolute atomic E-state index is 12.5. The van der Waals surface area contributed by atoms with E-state index in [9.17, 15) is 9.59 Å². The van der Waals surface area contributed by atoms with Gasteiger partial charge in [-0.15, -0.1) is 0 Å². The molecule has 1 unspecified atom stereocenters. The molecule has 2 aromatic carbocycles. The van der Waals surface area contributed by atoms with Crippen LogP contribution in [0.5, 0.6) is 5.75 Å². The first-order valence-electron chi connectivity index (χ1n) is 9.40. The highest BCUT2D eigenvalue weighted by Crippen LogP contribution is 2.28. The Morgan fingerprint density at radius 3 is 2.11 bits per heavy atom. The summed E-state index contributed by atoms with van der Waals surface area (Å²) in [6, 6.07) is 10.8. The standard InChI is InChI=1S/C22H27BrN2O3/c1-6-25(7-2)22(27)17-8-10-19(11-9-17)24-21(26)16(5)28-20-14(3)12-18(23)13-15(20)4/h8-13,16H,6-7H2,1-5H3,(H,24,26). The lowest BCUT2D eigenvalue weighted by Crippen LogP contribution is -2.31. The van der Waals surface area contributed by atoms with Crippen LogP contribution in [-0.4, -0.2) is 35.9 Å². The number of nitrogens with zero attached hydrogens (tertiary/aromatic N) is 1. The zero-order valence-electron chi connectivity index (χ0n) is 17.0. The first kappa shape index (κ1) is 22.0. The minimum atomic E-state index is -0.657. The summed E-state index contributed by atoms with van der Waals surface area (Å²) in [5, 5.41) is 2.84. The molecule has 0 heterocycles. The van der Waals surface area contributed by atoms with Gasteiger partial charge in [0.15, 0.2) is 6.10 Å². The fourth-order valence-corrected chi connectivity index (χ4v) is 3.63. The Morgan fingerprint density at radius 1 is 1.07 bits per heavy atom. The van der Waals surface area contributed by atoms with Crippen molar-refractivity contribution in [2.24, 2.45) is 0 Å². The Bertz CT molecular complexity index is 822. The summed E-state index contributed by atoms with van der Waals surface area (Å²) in [6.45, 7) is 10.8. The summed E-state index contributed by atoms with van der Waals surface area (Å²) in [6.07, 6.45) is -0.657. The van der Waals surface area contributed by atoms with Crippen molar-refractivity contribution < 1.29 is 14.3 Å². The van der Waals surface area contributed by atoms with Crippen molar-refractivity contribution >= 4 is 33.4 Å². The lowest BCUT2D eigenvalue weighted by atomic mass is 10.1. The van der Waals surface area contributed by atoms with Crippen LogP contribution >= 0.6 is 15.9 Å². The van der Waals surface area contributed by atoms with Crippen molar-refractivity contribution in [2.45, 2.75) is 40.7 Å². The van der Waals surface area contributed by atoms with Gasteiger partial charge in [0, 0.05) is 28.8 Å². The Morgan fingerprint density at radius 2 is 1.61 bits per heavy atom. The van der Waals surface area contributed by atoms with E-state index in [0.717, 1.165) is 15.6 Å². The van der Waals surface area contributed by atoms with Crippen LogP contribution in [0.1, 0.15) is 42.3 Å². The van der Waals surface area contributed by atoms with Crippen LogP contribution in [0.2, 0.25) is 0 Å². The monoisotopic (exact) mass is 446 g/mol. The van der Waals surface area contributed by atoms with Gasteiger partial charge >= 0.3 is 0 Å². The number of ether oxygens (including phenoxy) is 1. The third-order valence-corrected chi connectivity index (χ3v) is 5.00. The Balaban J connectivity index is 2.03. The van der Waals surface area contributed by atoms with E-state index in [1.54, 1.807) is 36.1 Å². The van der Waals surface area contributed by atoms with E-state index in [2.05, 4.69) is 21.2 Å². The number of rotatable bonds is 7. The fraction of sp³-hybridized carbons (Fsp3) is 0.364. The van der Waals surface area contributed by atoms with Crippen LogP contribution in [-0.2, 0) is 4.79 Å². The summed E-state index contributed by atoms with van der Waals surface area (Å²) < 4.78 is 6.87. The second kappa shape index (κ2) is 9.73. The molecular weight excluding hydrogens is 420 g/mol. The molecule has 0 aliphatic heterocycles. The smallest absolute Gasteiger partial charge is 0.265 e. The second-order valence-electron chi connectivity index (χ2n) is 6.67. The molecule has 0 saturated heterocycles. The van der Waals surface area contributed by atoms with Crippen molar-refractivity contribution in [2.75, 3.05) is 18.4 Å². The molecule has 2 rings (SSSR count). The van der Waals surface area contributed by atoms with E-state index in [-0.39, 0.29) is 11.8 Å². The van der Waals surface area contributed by atoms with E-state index < -0.39 is 6.10 Å². The molecule has 0 aliphatic carbocycles. The second-order valence-corrected chi connectivity index (χ2v) is 7.59. The van der Waals surface area contributed by atoms with Gasteiger partial charge in [-0.25, -0.2) is 0 Å². The number of amides is 2. The zero-order chi connectivity index (χ0) is 20.8. The first-order valence-corrected chi connectivity index (χ1v) is 10.2. The molecule has 0 aromatic heterocycles. The number of hydrogen-bond donors (Lipinski definition) is 1. The van der Waals surface area contributed by atoms with Gasteiger partial charge in [0.2, 0.25) is 0 Å². The molecule has 0 saturated carbocycles. The van der Waals surface area contributed by atoms with E-state index in [0.29, 0.717) is 30.1 Å². The van der Waals surface area contributed by atoms with Gasteiger partial charge in [-0.2, -0.15) is 0 Å². The van der Waals surface area contributed by atoms with Crippen LogP contribution in [0.4, 0.5) is 5.69 Å². The van der Waals surface area contributed by atoms with Crippen molar-refractivity contribution in [3.63, 3.8) is 0 Å². The topological polar surface area (TPSA) is 58.6 Å². The molecule has 0 spiro atoms. The van der Waals surface area contributed by atoms with Gasteiger partial charge in [-0.3, -0.25) is 9.59 Å². The highest BCUT2D eigenvalue weighted by Gasteiger charge is 2.18. The molecule has 0 radical (unpaired) electrons. The lowest BCUT2D eigenvalue weighted by Gasteiger charge is -2.19. The molecule has 1 atom stereocenters. The van der Waals surface area contributed by atoms with Gasteiger partial charge in [0.05, 0.1) is 0 Å². The number of carbonyl (C=O) groups is 2. The quantitative estimate of drug-likeness (QED) is 0.653. The SMILES string of the molecule is CCN(CC)C(=O)c1ccc(NC(=O)C(C)Oc2c(C)cc(Br)cc2C)cc1. The van der Waals surface area contributed by atoms with Crippen molar-refractivity contribution in [3.05, 3.63) is 57.6 Å². The largest absolute Gasteiger partial charge is 0.480 e. The van der Waals surface area contributed by atoms with E-state index in [4.69, 9.17) is 4.74 Å². The number of nitrogens with one attached hydrogen (secondary N) is 1. The number of anilines is 1. The predicted molar refractivity (Wildman–Crippen MR) is 116 cm³/mol. The summed E-state index contributed by atoms with van der Waals surface area (Å²) in [4.78, 5) is 26.6. The molecule has 1 N–H and O–H groups in total. The number of benzene rings is 2. The zero-order valence-corrected chi connectivity index (χ0v) is 18.6. The van der Waals surface area contributed by atoms with E-state index >= 15 is 0 Å². The normalized spacial score (nSPS) is 11.6. The van der Waals surface area contributed by atoms with Crippen LogP contribution < -0.4 is 10.1 Å². The van der Waals surface area contributed by atoms with Crippen molar-refractivity contribution in [1.82, 2.24) is 4.90 Å². The van der Waals surface area contributed by atoms with Gasteiger partial charge in [0.25, 0.3) is 11.8 Å². The molecule has 150 valence electrons. The maximum Gasteiger partial charge on any atom is 0.265 e. The Hall–Kier alpha value is -2.34. The molecule has 5 nitrogen and oxygen atoms in total. The first-order chi connectivity index (χ1) is 13.3. The minimum absolute atomic E-state index is 0.0132. The minimum Gasteiger partial charge on any atom is -0.480 e. The number of carbonyl (C=O) groups excluding carboxylic acids is 2. The third-order valence-electron chi connectivity index (χ3n) is 4.54. The Kier molecular flexibility index (Phi) is 7.63. The van der Waals surface area contributed by atoms with E-state index in [1.807, 2.05) is 39.8 Å². The average molecular weight is 447 g/mol. The predicted octanol–water partition coefficient (Wildman–Crippen LogP) is 4.95. The molecule has 0 fully saturated rings. The molecule has 28 heavy (non-hydrogen) atoms. The number of hydrogen-bond acceptors (Lipinski definition) is 3. The van der Waals surface area contributed by atoms with Crippen LogP contribution in [0.15, 0.2) is 40.9 Å². The molecule has 0 bridgehead atoms. The van der Waals surface area contributed by atoms with Gasteiger partial charge in [-0.05, 0) is 82.1 Å². The third kappa shape index (κ3) is 5.35. The maximum atomic E-state index is 12.5. The molecule has 6 heteroatoms. The van der Waals surface area contributed by atoms with Gasteiger partial charge in [-0.1, -0.05) is 15.9 Å². The van der Waals surface area contributed by atoms with Crippen LogP contribution in [0.25, 0.3) is 0 Å². The summed E-state index contributed by atoms with van der Waals surface area (Å²) in [5.74, 6) is 0.455. The fourth-order valence-electron chi connectivity index (χ4n) is 2.95. The highest BCUT2D eigenvalue weighted by molar-refractivity contribution is 9.10. The molecule has 2 aromatic rings. The molecular formula is C22H27BrN2O3. The molecule has 0 aliphatic rings.